The predicted octanol–water partition coefficient (Wildman–Crippen LogP) is 2.58. The van der Waals surface area contributed by atoms with Gasteiger partial charge in [0.15, 0.2) is 0 Å². The number of sulfonamides is 1. The van der Waals surface area contributed by atoms with Gasteiger partial charge in [-0.2, -0.15) is 4.31 Å². The van der Waals surface area contributed by atoms with Gasteiger partial charge in [-0.15, -0.1) is 0 Å². The Bertz CT molecular complexity index is 1000. The van der Waals surface area contributed by atoms with E-state index in [1.807, 2.05) is 4.90 Å². The van der Waals surface area contributed by atoms with E-state index in [0.29, 0.717) is 43.4 Å². The van der Waals surface area contributed by atoms with Crippen LogP contribution in [0.25, 0.3) is 0 Å². The average molecular weight is 453 g/mol. The van der Waals surface area contributed by atoms with Crippen molar-refractivity contribution in [1.29, 1.82) is 0 Å². The molecule has 2 aromatic carbocycles. The zero-order chi connectivity index (χ0) is 21.7. The van der Waals surface area contributed by atoms with E-state index >= 15 is 0 Å². The molecule has 3 rings (SSSR count). The Morgan fingerprint density at radius 3 is 2.20 bits per heavy atom. The van der Waals surface area contributed by atoms with Gasteiger partial charge in [0.2, 0.25) is 15.9 Å². The number of halogens is 1. The largest absolute Gasteiger partial charge is 0.326 e. The van der Waals surface area contributed by atoms with E-state index in [0.717, 1.165) is 0 Å². The third-order valence-electron chi connectivity index (χ3n) is 4.80. The number of amides is 1. The third kappa shape index (κ3) is 5.54. The van der Waals surface area contributed by atoms with Crippen molar-refractivity contribution < 1.29 is 18.1 Å². The number of hydrogen-bond acceptors (Lipinski definition) is 6. The van der Waals surface area contributed by atoms with Gasteiger partial charge in [-0.1, -0.05) is 11.6 Å². The highest BCUT2D eigenvalue weighted by atomic mass is 35.5. The molecule has 0 aromatic heterocycles. The molecule has 0 atom stereocenters. The van der Waals surface area contributed by atoms with E-state index in [4.69, 9.17) is 11.6 Å². The number of anilines is 1. The molecule has 1 aliphatic heterocycles. The van der Waals surface area contributed by atoms with Crippen LogP contribution in [0, 0.1) is 10.1 Å². The van der Waals surface area contributed by atoms with Crippen molar-refractivity contribution in [1.82, 2.24) is 9.21 Å². The van der Waals surface area contributed by atoms with Crippen molar-refractivity contribution in [2.75, 3.05) is 38.0 Å². The average Bonchev–Trinajstić information content (AvgIpc) is 2.73. The number of piperazine rings is 1. The Labute approximate surface area is 179 Å². The van der Waals surface area contributed by atoms with E-state index in [-0.39, 0.29) is 22.9 Å². The summed E-state index contributed by atoms with van der Waals surface area (Å²) in [6, 6.07) is 11.7. The van der Waals surface area contributed by atoms with Crippen molar-refractivity contribution in [3.8, 4) is 0 Å². The van der Waals surface area contributed by atoms with E-state index in [1.165, 1.54) is 40.7 Å². The monoisotopic (exact) mass is 452 g/mol. The maximum absolute atomic E-state index is 12.7. The zero-order valence-corrected chi connectivity index (χ0v) is 17.6. The van der Waals surface area contributed by atoms with Gasteiger partial charge < -0.3 is 10.2 Å². The first kappa shape index (κ1) is 22.2. The van der Waals surface area contributed by atoms with E-state index in [9.17, 15) is 23.3 Å². The van der Waals surface area contributed by atoms with E-state index in [1.54, 1.807) is 12.1 Å². The molecular formula is C19H21ClN4O5S. The van der Waals surface area contributed by atoms with Crippen molar-refractivity contribution in [2.24, 2.45) is 0 Å². The minimum Gasteiger partial charge on any atom is -0.326 e. The molecule has 0 saturated carbocycles. The van der Waals surface area contributed by atoms with Crippen LogP contribution in [-0.2, 0) is 14.8 Å². The van der Waals surface area contributed by atoms with Crippen LogP contribution in [0.2, 0.25) is 5.02 Å². The lowest BCUT2D eigenvalue weighted by Crippen LogP contribution is -2.49. The van der Waals surface area contributed by atoms with Crippen LogP contribution in [-0.4, -0.2) is 61.2 Å². The summed E-state index contributed by atoms with van der Waals surface area (Å²) in [7, 11) is -3.56. The quantitative estimate of drug-likeness (QED) is 0.510. The van der Waals surface area contributed by atoms with Crippen molar-refractivity contribution >= 4 is 38.9 Å². The molecule has 9 nitrogen and oxygen atoms in total. The molecule has 1 amide bonds. The lowest BCUT2D eigenvalue weighted by Gasteiger charge is -2.33. The van der Waals surface area contributed by atoms with E-state index in [2.05, 4.69) is 5.32 Å². The van der Waals surface area contributed by atoms with Crippen molar-refractivity contribution in [3.63, 3.8) is 0 Å². The Morgan fingerprint density at radius 1 is 1.03 bits per heavy atom. The van der Waals surface area contributed by atoms with Crippen LogP contribution in [0.3, 0.4) is 0 Å². The fourth-order valence-electron chi connectivity index (χ4n) is 3.10. The zero-order valence-electron chi connectivity index (χ0n) is 16.0. The topological polar surface area (TPSA) is 113 Å². The maximum atomic E-state index is 12.7. The van der Waals surface area contributed by atoms with Gasteiger partial charge in [0.05, 0.1) is 9.82 Å². The van der Waals surface area contributed by atoms with Gasteiger partial charge in [-0.05, 0) is 36.4 Å². The minimum absolute atomic E-state index is 0.0422. The summed E-state index contributed by atoms with van der Waals surface area (Å²) in [5, 5.41) is 13.8. The van der Waals surface area contributed by atoms with Gasteiger partial charge in [0, 0.05) is 62.0 Å². The molecule has 1 heterocycles. The number of non-ortho nitro benzene ring substituents is 1. The maximum Gasteiger partial charge on any atom is 0.269 e. The highest BCUT2D eigenvalue weighted by molar-refractivity contribution is 7.89. The second kappa shape index (κ2) is 9.52. The minimum atomic E-state index is -3.56. The molecule has 0 spiro atoms. The van der Waals surface area contributed by atoms with Crippen LogP contribution in [0.5, 0.6) is 0 Å². The number of carbonyl (C=O) groups is 1. The first-order chi connectivity index (χ1) is 14.3. The molecule has 30 heavy (non-hydrogen) atoms. The van der Waals surface area contributed by atoms with Gasteiger partial charge in [-0.25, -0.2) is 8.42 Å². The van der Waals surface area contributed by atoms with Crippen LogP contribution < -0.4 is 5.32 Å². The molecule has 0 bridgehead atoms. The summed E-state index contributed by atoms with van der Waals surface area (Å²) in [5.41, 5.74) is 0.448. The number of nitro benzene ring substituents is 1. The highest BCUT2D eigenvalue weighted by Gasteiger charge is 2.28. The number of nitrogens with one attached hydrogen (secondary N) is 1. The first-order valence-corrected chi connectivity index (χ1v) is 11.1. The SMILES string of the molecule is O=C(CCN1CCN(S(=O)(=O)c2ccc(Cl)cc2)CC1)Nc1ccc([N+](=O)[O-])cc1. The predicted molar refractivity (Wildman–Crippen MR) is 113 cm³/mol. The Kier molecular flexibility index (Phi) is 7.03. The van der Waals surface area contributed by atoms with Gasteiger partial charge in [0.25, 0.3) is 5.69 Å². The fourth-order valence-corrected chi connectivity index (χ4v) is 4.65. The summed E-state index contributed by atoms with van der Waals surface area (Å²) in [4.78, 5) is 24.5. The number of nitro groups is 1. The molecule has 1 saturated heterocycles. The Balaban J connectivity index is 1.46. The number of hydrogen-bond donors (Lipinski definition) is 1. The lowest BCUT2D eigenvalue weighted by molar-refractivity contribution is -0.384. The highest BCUT2D eigenvalue weighted by Crippen LogP contribution is 2.20. The molecule has 0 radical (unpaired) electrons. The van der Waals surface area contributed by atoms with Gasteiger partial charge >= 0.3 is 0 Å². The number of benzene rings is 2. The van der Waals surface area contributed by atoms with Crippen molar-refractivity contribution in [3.05, 3.63) is 63.7 Å². The molecule has 2 aromatic rings. The molecule has 160 valence electrons. The normalized spacial score (nSPS) is 15.6. The van der Waals surface area contributed by atoms with Gasteiger partial charge in [0.1, 0.15) is 0 Å². The summed E-state index contributed by atoms with van der Waals surface area (Å²) in [6.07, 6.45) is 0.237. The third-order valence-corrected chi connectivity index (χ3v) is 6.96. The van der Waals surface area contributed by atoms with Crippen LogP contribution in [0.4, 0.5) is 11.4 Å². The summed E-state index contributed by atoms with van der Waals surface area (Å²) in [6.45, 7) is 2.23. The molecule has 1 aliphatic rings. The van der Waals surface area contributed by atoms with Gasteiger partial charge in [-0.3, -0.25) is 14.9 Å². The molecule has 0 aliphatic carbocycles. The molecule has 1 N–H and O–H groups in total. The van der Waals surface area contributed by atoms with Crippen LogP contribution in [0.1, 0.15) is 6.42 Å². The molecule has 1 fully saturated rings. The fraction of sp³-hybridized carbons (Fsp3) is 0.316. The number of nitrogens with zero attached hydrogens (tertiary/aromatic N) is 3. The smallest absolute Gasteiger partial charge is 0.269 e. The summed E-state index contributed by atoms with van der Waals surface area (Å²) < 4.78 is 26.8. The first-order valence-electron chi connectivity index (χ1n) is 9.28. The summed E-state index contributed by atoms with van der Waals surface area (Å²) in [5.74, 6) is -0.208. The lowest BCUT2D eigenvalue weighted by atomic mass is 10.2. The van der Waals surface area contributed by atoms with E-state index < -0.39 is 14.9 Å². The Hall–Kier alpha value is -2.53. The standard InChI is InChI=1S/C19H21ClN4O5S/c20-15-1-7-18(8-2-15)30(28,29)23-13-11-22(12-14-23)10-9-19(25)21-16-3-5-17(6-4-16)24(26)27/h1-8H,9-14H2,(H,21,25). The number of carbonyl (C=O) groups excluding carboxylic acids is 1. The Morgan fingerprint density at radius 2 is 1.63 bits per heavy atom. The molecule has 11 heteroatoms. The number of rotatable bonds is 7. The van der Waals surface area contributed by atoms with Crippen molar-refractivity contribution in [2.45, 2.75) is 11.3 Å². The second-order valence-electron chi connectivity index (χ2n) is 6.80. The van der Waals surface area contributed by atoms with Crippen LogP contribution >= 0.6 is 11.6 Å². The molecular weight excluding hydrogens is 432 g/mol. The second-order valence-corrected chi connectivity index (χ2v) is 9.18. The van der Waals surface area contributed by atoms with Crippen LogP contribution in [0.15, 0.2) is 53.4 Å². The summed E-state index contributed by atoms with van der Waals surface area (Å²) >= 11 is 5.82. The molecule has 0 unspecified atom stereocenters.